The van der Waals surface area contributed by atoms with Gasteiger partial charge in [0, 0.05) is 11.4 Å². The minimum Gasteiger partial charge on any atom is -0.480 e. The van der Waals surface area contributed by atoms with Crippen LogP contribution in [0.2, 0.25) is 5.02 Å². The number of fused-ring (bicyclic) bond motifs is 1. The monoisotopic (exact) mass is 309 g/mol. The van der Waals surface area contributed by atoms with Crippen LogP contribution >= 0.6 is 11.6 Å². The van der Waals surface area contributed by atoms with Crippen molar-refractivity contribution in [3.05, 3.63) is 28.8 Å². The van der Waals surface area contributed by atoms with Crippen molar-refractivity contribution in [2.75, 3.05) is 6.61 Å². The summed E-state index contributed by atoms with van der Waals surface area (Å²) in [5, 5.41) is 13.3. The normalized spacial score (nSPS) is 23.2. The molecule has 1 aliphatic carbocycles. The number of aliphatic hydroxyl groups is 1. The Labute approximate surface area is 129 Å². The van der Waals surface area contributed by atoms with Crippen LogP contribution in [0, 0.1) is 0 Å². The third-order valence-electron chi connectivity index (χ3n) is 4.49. The lowest BCUT2D eigenvalue weighted by atomic mass is 9.82. The summed E-state index contributed by atoms with van der Waals surface area (Å²) < 4.78 is 5.70. The number of nitrogens with one attached hydrogen (secondary N) is 1. The van der Waals surface area contributed by atoms with Gasteiger partial charge in [0.2, 0.25) is 0 Å². The van der Waals surface area contributed by atoms with Crippen LogP contribution in [-0.2, 0) is 11.2 Å². The fourth-order valence-corrected chi connectivity index (χ4v) is 3.45. The number of benzene rings is 1. The molecular formula is C16H20ClNO3. The molecule has 1 saturated carbocycles. The molecule has 1 heterocycles. The van der Waals surface area contributed by atoms with Gasteiger partial charge in [-0.3, -0.25) is 4.79 Å². The highest BCUT2D eigenvalue weighted by atomic mass is 35.5. The molecule has 0 spiro atoms. The van der Waals surface area contributed by atoms with E-state index in [0.29, 0.717) is 11.4 Å². The third-order valence-corrected chi connectivity index (χ3v) is 4.73. The Morgan fingerprint density at radius 2 is 2.14 bits per heavy atom. The first-order valence-corrected chi connectivity index (χ1v) is 7.88. The summed E-state index contributed by atoms with van der Waals surface area (Å²) in [6.07, 6.45) is 4.93. The van der Waals surface area contributed by atoms with Gasteiger partial charge in [0.25, 0.3) is 5.91 Å². The van der Waals surface area contributed by atoms with Gasteiger partial charge in [-0.25, -0.2) is 0 Å². The summed E-state index contributed by atoms with van der Waals surface area (Å²) in [4.78, 5) is 12.5. The summed E-state index contributed by atoms with van der Waals surface area (Å²) in [6.45, 7) is -0.00969. The lowest BCUT2D eigenvalue weighted by molar-refractivity contribution is -0.130. The maximum atomic E-state index is 12.5. The van der Waals surface area contributed by atoms with E-state index in [0.717, 1.165) is 37.0 Å². The van der Waals surface area contributed by atoms with Crippen molar-refractivity contribution >= 4 is 17.5 Å². The summed E-state index contributed by atoms with van der Waals surface area (Å²) >= 11 is 5.96. The predicted octanol–water partition coefficient (Wildman–Crippen LogP) is 2.45. The van der Waals surface area contributed by atoms with E-state index < -0.39 is 11.6 Å². The molecule has 3 rings (SSSR count). The fraction of sp³-hybridized carbons (Fsp3) is 0.562. The number of amides is 1. The predicted molar refractivity (Wildman–Crippen MR) is 80.6 cm³/mol. The third kappa shape index (κ3) is 3.01. The van der Waals surface area contributed by atoms with E-state index in [1.807, 2.05) is 6.07 Å². The quantitative estimate of drug-likeness (QED) is 0.901. The molecule has 0 aromatic heterocycles. The van der Waals surface area contributed by atoms with E-state index in [2.05, 4.69) is 5.32 Å². The first kappa shape index (κ1) is 14.7. The molecule has 4 nitrogen and oxygen atoms in total. The summed E-state index contributed by atoms with van der Waals surface area (Å²) in [5.41, 5.74) is 0.495. The Morgan fingerprint density at radius 3 is 2.86 bits per heavy atom. The maximum Gasteiger partial charge on any atom is 0.261 e. The van der Waals surface area contributed by atoms with Crippen molar-refractivity contribution < 1.29 is 14.6 Å². The lowest BCUT2D eigenvalue weighted by Crippen LogP contribution is -2.55. The fourth-order valence-electron chi connectivity index (χ4n) is 3.26. The summed E-state index contributed by atoms with van der Waals surface area (Å²) in [5.74, 6) is 0.583. The van der Waals surface area contributed by atoms with E-state index in [1.165, 1.54) is 6.42 Å². The van der Waals surface area contributed by atoms with Crippen LogP contribution in [0.3, 0.4) is 0 Å². The average Bonchev–Trinajstić information content (AvgIpc) is 2.91. The lowest BCUT2D eigenvalue weighted by Gasteiger charge is -2.37. The molecule has 1 aliphatic heterocycles. The Bertz CT molecular complexity index is 540. The highest BCUT2D eigenvalue weighted by Crippen LogP contribution is 2.32. The van der Waals surface area contributed by atoms with Gasteiger partial charge < -0.3 is 15.2 Å². The Kier molecular flexibility index (Phi) is 4.09. The van der Waals surface area contributed by atoms with Gasteiger partial charge in [0.05, 0.1) is 12.1 Å². The number of halogens is 1. The van der Waals surface area contributed by atoms with Gasteiger partial charge in [-0.2, -0.15) is 0 Å². The van der Waals surface area contributed by atoms with Gasteiger partial charge >= 0.3 is 0 Å². The molecule has 21 heavy (non-hydrogen) atoms. The van der Waals surface area contributed by atoms with Gasteiger partial charge in [0.1, 0.15) is 5.75 Å². The number of ether oxygens (including phenoxy) is 1. The second kappa shape index (κ2) is 5.85. The zero-order valence-electron chi connectivity index (χ0n) is 11.9. The van der Waals surface area contributed by atoms with Crippen LogP contribution < -0.4 is 10.1 Å². The van der Waals surface area contributed by atoms with Crippen LogP contribution in [0.25, 0.3) is 0 Å². The van der Waals surface area contributed by atoms with Crippen molar-refractivity contribution in [3.63, 3.8) is 0 Å². The molecule has 1 atom stereocenters. The molecule has 114 valence electrons. The molecule has 2 N–H and O–H groups in total. The van der Waals surface area contributed by atoms with Crippen LogP contribution in [0.1, 0.15) is 37.7 Å². The van der Waals surface area contributed by atoms with Crippen LogP contribution in [-0.4, -0.2) is 29.3 Å². The SMILES string of the molecule is O=C(NC1(CO)CCCCC1)C1Cc2cc(Cl)ccc2O1. The Morgan fingerprint density at radius 1 is 1.38 bits per heavy atom. The topological polar surface area (TPSA) is 58.6 Å². The average molecular weight is 310 g/mol. The van der Waals surface area contributed by atoms with Crippen molar-refractivity contribution in [2.45, 2.75) is 50.2 Å². The molecule has 0 bridgehead atoms. The van der Waals surface area contributed by atoms with Gasteiger partial charge in [-0.15, -0.1) is 0 Å². The number of rotatable bonds is 3. The maximum absolute atomic E-state index is 12.5. The first-order valence-electron chi connectivity index (χ1n) is 7.50. The molecule has 0 saturated heterocycles. The van der Waals surface area contributed by atoms with E-state index in [-0.39, 0.29) is 12.5 Å². The van der Waals surface area contributed by atoms with Gasteiger partial charge in [-0.05, 0) is 36.6 Å². The Balaban J connectivity index is 1.67. The molecule has 5 heteroatoms. The molecule has 1 aromatic rings. The smallest absolute Gasteiger partial charge is 0.261 e. The molecule has 1 amide bonds. The van der Waals surface area contributed by atoms with Crippen molar-refractivity contribution in [3.8, 4) is 5.75 Å². The second-order valence-electron chi connectivity index (χ2n) is 6.05. The number of aliphatic hydroxyl groups excluding tert-OH is 1. The number of hydrogen-bond donors (Lipinski definition) is 2. The number of hydrogen-bond acceptors (Lipinski definition) is 3. The minimum absolute atomic E-state index is 0.00969. The zero-order valence-corrected chi connectivity index (χ0v) is 12.7. The molecule has 1 unspecified atom stereocenters. The van der Waals surface area contributed by atoms with Crippen molar-refractivity contribution in [2.24, 2.45) is 0 Å². The first-order chi connectivity index (χ1) is 10.1. The van der Waals surface area contributed by atoms with Crippen LogP contribution in [0.5, 0.6) is 5.75 Å². The molecule has 1 aromatic carbocycles. The van der Waals surface area contributed by atoms with Crippen molar-refractivity contribution in [1.29, 1.82) is 0 Å². The van der Waals surface area contributed by atoms with Crippen molar-refractivity contribution in [1.82, 2.24) is 5.32 Å². The molecule has 2 aliphatic rings. The second-order valence-corrected chi connectivity index (χ2v) is 6.49. The van der Waals surface area contributed by atoms with Gasteiger partial charge in [0.15, 0.2) is 6.10 Å². The van der Waals surface area contributed by atoms with Crippen LogP contribution in [0.15, 0.2) is 18.2 Å². The largest absolute Gasteiger partial charge is 0.480 e. The number of carbonyl (C=O) groups excluding carboxylic acids is 1. The van der Waals surface area contributed by atoms with E-state index >= 15 is 0 Å². The zero-order chi connectivity index (χ0) is 14.9. The molecular weight excluding hydrogens is 290 g/mol. The minimum atomic E-state index is -0.524. The summed E-state index contributed by atoms with van der Waals surface area (Å²) in [6, 6.07) is 5.40. The van der Waals surface area contributed by atoms with E-state index in [4.69, 9.17) is 16.3 Å². The van der Waals surface area contributed by atoms with Gasteiger partial charge in [-0.1, -0.05) is 30.9 Å². The highest BCUT2D eigenvalue weighted by molar-refractivity contribution is 6.30. The molecule has 1 fully saturated rings. The molecule has 0 radical (unpaired) electrons. The van der Waals surface area contributed by atoms with E-state index in [9.17, 15) is 9.90 Å². The van der Waals surface area contributed by atoms with Crippen LogP contribution in [0.4, 0.5) is 0 Å². The number of carbonyl (C=O) groups is 1. The van der Waals surface area contributed by atoms with E-state index in [1.54, 1.807) is 12.1 Å². The summed E-state index contributed by atoms with van der Waals surface area (Å²) in [7, 11) is 0. The Hall–Kier alpha value is -1.26. The highest BCUT2D eigenvalue weighted by Gasteiger charge is 2.37. The standard InChI is InChI=1S/C16H20ClNO3/c17-12-4-5-13-11(8-12)9-14(21-13)15(20)18-16(10-19)6-2-1-3-7-16/h4-5,8,14,19H,1-3,6-7,9-10H2,(H,18,20).